The smallest absolute Gasteiger partial charge is 0.123 e. The van der Waals surface area contributed by atoms with Gasteiger partial charge in [-0.25, -0.2) is 0 Å². The Morgan fingerprint density at radius 2 is 2.00 bits per heavy atom. The van der Waals surface area contributed by atoms with Crippen molar-refractivity contribution in [3.8, 4) is 5.75 Å². The highest BCUT2D eigenvalue weighted by Gasteiger charge is 2.04. The summed E-state index contributed by atoms with van der Waals surface area (Å²) in [4.78, 5) is 0. The summed E-state index contributed by atoms with van der Waals surface area (Å²) < 4.78 is 6.76. The molecule has 0 amide bonds. The topological polar surface area (TPSA) is 35.2 Å². The maximum atomic E-state index is 6.10. The normalized spacial score (nSPS) is 10.4. The molecule has 2 aromatic rings. The van der Waals surface area contributed by atoms with Crippen molar-refractivity contribution in [2.75, 3.05) is 5.73 Å². The summed E-state index contributed by atoms with van der Waals surface area (Å²) in [5.41, 5.74) is 8.31. The predicted molar refractivity (Wildman–Crippen MR) is 79.1 cm³/mol. The lowest BCUT2D eigenvalue weighted by molar-refractivity contribution is 0.304. The zero-order valence-electron chi connectivity index (χ0n) is 9.91. The molecule has 4 heteroatoms. The summed E-state index contributed by atoms with van der Waals surface area (Å²) in [6, 6.07) is 11.4. The van der Waals surface area contributed by atoms with Crippen molar-refractivity contribution in [2.45, 2.75) is 13.5 Å². The van der Waals surface area contributed by atoms with Gasteiger partial charge in [-0.1, -0.05) is 39.7 Å². The molecular formula is C14H13BrClNO. The van der Waals surface area contributed by atoms with Gasteiger partial charge in [-0.15, -0.1) is 0 Å². The standard InChI is InChI=1S/C14H13BrClNO/c1-9-2-4-11(15)6-14(9)18-8-10-3-5-12(17)7-13(10)16/h2-7H,8,17H2,1H3. The number of rotatable bonds is 3. The van der Waals surface area contributed by atoms with Gasteiger partial charge in [0.15, 0.2) is 0 Å². The van der Waals surface area contributed by atoms with Crippen molar-refractivity contribution in [3.63, 3.8) is 0 Å². The first-order valence-corrected chi connectivity index (χ1v) is 6.66. The molecule has 2 rings (SSSR count). The van der Waals surface area contributed by atoms with Crippen LogP contribution in [0, 0.1) is 6.92 Å². The zero-order chi connectivity index (χ0) is 13.1. The van der Waals surface area contributed by atoms with E-state index < -0.39 is 0 Å². The second-order valence-corrected chi connectivity index (χ2v) is 5.37. The first-order valence-electron chi connectivity index (χ1n) is 5.49. The molecule has 0 atom stereocenters. The molecule has 18 heavy (non-hydrogen) atoms. The van der Waals surface area contributed by atoms with Gasteiger partial charge in [-0.2, -0.15) is 0 Å². The summed E-state index contributed by atoms with van der Waals surface area (Å²) in [6.07, 6.45) is 0. The number of nitrogens with two attached hydrogens (primary N) is 1. The zero-order valence-corrected chi connectivity index (χ0v) is 12.3. The minimum Gasteiger partial charge on any atom is -0.489 e. The van der Waals surface area contributed by atoms with E-state index in [0.717, 1.165) is 21.3 Å². The van der Waals surface area contributed by atoms with Crippen LogP contribution in [0.15, 0.2) is 40.9 Å². The molecule has 0 aromatic heterocycles. The van der Waals surface area contributed by atoms with Crippen LogP contribution in [0.2, 0.25) is 5.02 Å². The summed E-state index contributed by atoms with van der Waals surface area (Å²) in [5, 5.41) is 0.627. The third-order valence-electron chi connectivity index (χ3n) is 2.61. The molecule has 0 aliphatic rings. The Balaban J connectivity index is 2.13. The first-order chi connectivity index (χ1) is 8.56. The summed E-state index contributed by atoms with van der Waals surface area (Å²) in [7, 11) is 0. The van der Waals surface area contributed by atoms with E-state index in [2.05, 4.69) is 15.9 Å². The molecule has 0 fully saturated rings. The van der Waals surface area contributed by atoms with Crippen LogP contribution in [0.25, 0.3) is 0 Å². The van der Waals surface area contributed by atoms with Crippen LogP contribution in [0.3, 0.4) is 0 Å². The molecule has 0 radical (unpaired) electrons. The van der Waals surface area contributed by atoms with Gasteiger partial charge in [-0.3, -0.25) is 0 Å². The fraction of sp³-hybridized carbons (Fsp3) is 0.143. The lowest BCUT2D eigenvalue weighted by atomic mass is 10.2. The molecule has 0 spiro atoms. The Labute approximate surface area is 120 Å². The number of hydrogen-bond donors (Lipinski definition) is 1. The van der Waals surface area contributed by atoms with Crippen molar-refractivity contribution in [1.82, 2.24) is 0 Å². The van der Waals surface area contributed by atoms with Gasteiger partial charge in [0.25, 0.3) is 0 Å². The first kappa shape index (κ1) is 13.2. The van der Waals surface area contributed by atoms with E-state index >= 15 is 0 Å². The van der Waals surface area contributed by atoms with E-state index in [1.807, 2.05) is 37.3 Å². The van der Waals surface area contributed by atoms with Crippen LogP contribution >= 0.6 is 27.5 Å². The number of benzene rings is 2. The molecular weight excluding hydrogens is 314 g/mol. The van der Waals surface area contributed by atoms with Gasteiger partial charge in [0.2, 0.25) is 0 Å². The van der Waals surface area contributed by atoms with Gasteiger partial charge in [0.05, 0.1) is 0 Å². The van der Waals surface area contributed by atoms with E-state index in [1.54, 1.807) is 6.07 Å². The predicted octanol–water partition coefficient (Wildman–Crippen LogP) is 4.57. The molecule has 2 nitrogen and oxygen atoms in total. The SMILES string of the molecule is Cc1ccc(Br)cc1OCc1ccc(N)cc1Cl. The summed E-state index contributed by atoms with van der Waals surface area (Å²) >= 11 is 9.52. The lowest BCUT2D eigenvalue weighted by Crippen LogP contribution is -1.98. The average Bonchev–Trinajstić information content (AvgIpc) is 2.32. The van der Waals surface area contributed by atoms with Gasteiger partial charge in [0, 0.05) is 20.7 Å². The second kappa shape index (κ2) is 5.63. The van der Waals surface area contributed by atoms with Crippen molar-refractivity contribution < 1.29 is 4.74 Å². The maximum Gasteiger partial charge on any atom is 0.123 e. The number of anilines is 1. The number of aryl methyl sites for hydroxylation is 1. The Morgan fingerprint density at radius 3 is 2.72 bits per heavy atom. The van der Waals surface area contributed by atoms with Crippen LogP contribution in [-0.4, -0.2) is 0 Å². The number of ether oxygens (including phenoxy) is 1. The third-order valence-corrected chi connectivity index (χ3v) is 3.46. The molecule has 0 saturated carbocycles. The van der Waals surface area contributed by atoms with Crippen LogP contribution in [0.1, 0.15) is 11.1 Å². The largest absolute Gasteiger partial charge is 0.489 e. The van der Waals surface area contributed by atoms with E-state index in [0.29, 0.717) is 17.3 Å². The second-order valence-electron chi connectivity index (χ2n) is 4.05. The van der Waals surface area contributed by atoms with Crippen LogP contribution in [0.5, 0.6) is 5.75 Å². The highest BCUT2D eigenvalue weighted by atomic mass is 79.9. The van der Waals surface area contributed by atoms with Gasteiger partial charge < -0.3 is 10.5 Å². The third kappa shape index (κ3) is 3.18. The summed E-state index contributed by atoms with van der Waals surface area (Å²) in [5.74, 6) is 0.845. The lowest BCUT2D eigenvalue weighted by Gasteiger charge is -2.11. The fourth-order valence-corrected chi connectivity index (χ4v) is 2.15. The maximum absolute atomic E-state index is 6.10. The van der Waals surface area contributed by atoms with E-state index in [-0.39, 0.29) is 0 Å². The van der Waals surface area contributed by atoms with E-state index in [1.165, 1.54) is 0 Å². The fourth-order valence-electron chi connectivity index (χ4n) is 1.57. The Hall–Kier alpha value is -1.19. The van der Waals surface area contributed by atoms with Gasteiger partial charge >= 0.3 is 0 Å². The molecule has 94 valence electrons. The van der Waals surface area contributed by atoms with Crippen LogP contribution < -0.4 is 10.5 Å². The highest BCUT2D eigenvalue weighted by Crippen LogP contribution is 2.25. The quantitative estimate of drug-likeness (QED) is 0.838. The molecule has 2 aromatic carbocycles. The minimum atomic E-state index is 0.427. The van der Waals surface area contributed by atoms with E-state index in [9.17, 15) is 0 Å². The highest BCUT2D eigenvalue weighted by molar-refractivity contribution is 9.10. The minimum absolute atomic E-state index is 0.427. The van der Waals surface area contributed by atoms with Crippen molar-refractivity contribution in [3.05, 3.63) is 57.0 Å². The number of nitrogen functional groups attached to an aromatic ring is 1. The monoisotopic (exact) mass is 325 g/mol. The molecule has 2 N–H and O–H groups in total. The molecule has 0 aliphatic carbocycles. The van der Waals surface area contributed by atoms with Gasteiger partial charge in [0.1, 0.15) is 12.4 Å². The molecule has 0 saturated heterocycles. The molecule has 0 aliphatic heterocycles. The Kier molecular flexibility index (Phi) is 4.15. The van der Waals surface area contributed by atoms with E-state index in [4.69, 9.17) is 22.1 Å². The van der Waals surface area contributed by atoms with Crippen molar-refractivity contribution in [2.24, 2.45) is 0 Å². The Morgan fingerprint density at radius 1 is 1.22 bits per heavy atom. The van der Waals surface area contributed by atoms with Crippen molar-refractivity contribution in [1.29, 1.82) is 0 Å². The molecule has 0 unspecified atom stereocenters. The molecule has 0 heterocycles. The van der Waals surface area contributed by atoms with Crippen LogP contribution in [-0.2, 0) is 6.61 Å². The number of halogens is 2. The van der Waals surface area contributed by atoms with Crippen LogP contribution in [0.4, 0.5) is 5.69 Å². The van der Waals surface area contributed by atoms with Crippen molar-refractivity contribution >= 4 is 33.2 Å². The Bertz CT molecular complexity index is 572. The summed E-state index contributed by atoms with van der Waals surface area (Å²) in [6.45, 7) is 2.43. The number of hydrogen-bond acceptors (Lipinski definition) is 2. The van der Waals surface area contributed by atoms with Gasteiger partial charge in [-0.05, 0) is 36.8 Å². The molecule has 0 bridgehead atoms. The average molecular weight is 327 g/mol.